The highest BCUT2D eigenvalue weighted by atomic mass is 16.5. The van der Waals surface area contributed by atoms with E-state index in [1.807, 2.05) is 6.92 Å². The molecule has 0 aromatic heterocycles. The van der Waals surface area contributed by atoms with Crippen LogP contribution in [-0.2, 0) is 71.7 Å². The third-order valence-corrected chi connectivity index (χ3v) is 12.4. The van der Waals surface area contributed by atoms with Crippen molar-refractivity contribution in [3.63, 3.8) is 0 Å². The van der Waals surface area contributed by atoms with Crippen LogP contribution in [0.3, 0.4) is 0 Å². The lowest BCUT2D eigenvalue weighted by Crippen LogP contribution is -2.46. The Labute approximate surface area is 458 Å². The molecular formula is C53H91N5O20. The second kappa shape index (κ2) is 48.5. The van der Waals surface area contributed by atoms with E-state index in [-0.39, 0.29) is 122 Å². The Bertz CT molecular complexity index is 1770. The SMILES string of the molecule is CC[C@@H](CCCCNC(=O)CC[C@H](NC(=O)[C@H](CC(=O)COCCOCCNC(=O)COCCOCCNC(=O)CC[C@H](NC(=O)CCCCCCCCCCCCCCCCC(=O)O)C(=O)O)C(=O)O)C(=O)O)C(=O)CO. The summed E-state index contributed by atoms with van der Waals surface area (Å²) in [6, 6.07) is -2.79. The van der Waals surface area contributed by atoms with Gasteiger partial charge < -0.3 is 71.1 Å². The van der Waals surface area contributed by atoms with E-state index in [0.29, 0.717) is 32.1 Å². The zero-order valence-corrected chi connectivity index (χ0v) is 45.8. The van der Waals surface area contributed by atoms with Crippen molar-refractivity contribution in [3.05, 3.63) is 0 Å². The number of nitrogens with one attached hydrogen (secondary N) is 5. The number of Topliss-reactive ketones (excluding diaryl/α,β-unsaturated/α-hetero) is 2. The Morgan fingerprint density at radius 1 is 0.423 bits per heavy atom. The van der Waals surface area contributed by atoms with E-state index < -0.39 is 90.9 Å². The smallest absolute Gasteiger partial charge is 0.326 e. The predicted molar refractivity (Wildman–Crippen MR) is 282 cm³/mol. The van der Waals surface area contributed by atoms with Gasteiger partial charge in [-0.15, -0.1) is 0 Å². The number of aliphatic carboxylic acids is 4. The Balaban J connectivity index is 4.01. The minimum atomic E-state index is -1.91. The molecule has 0 fully saturated rings. The van der Waals surface area contributed by atoms with Crippen LogP contribution in [0.4, 0.5) is 0 Å². The lowest BCUT2D eigenvalue weighted by atomic mass is 9.95. The summed E-state index contributed by atoms with van der Waals surface area (Å²) in [7, 11) is 0. The normalized spacial score (nSPS) is 12.6. The van der Waals surface area contributed by atoms with Gasteiger partial charge in [-0.1, -0.05) is 90.4 Å². The number of ketones is 2. The summed E-state index contributed by atoms with van der Waals surface area (Å²) in [6.45, 7) is 1.37. The fraction of sp³-hybridized carbons (Fsp3) is 0.792. The van der Waals surface area contributed by atoms with Gasteiger partial charge in [-0.25, -0.2) is 9.59 Å². The van der Waals surface area contributed by atoms with E-state index in [4.69, 9.17) is 29.2 Å². The number of carbonyl (C=O) groups excluding carboxylic acids is 7. The van der Waals surface area contributed by atoms with Crippen LogP contribution < -0.4 is 26.6 Å². The van der Waals surface area contributed by atoms with Gasteiger partial charge >= 0.3 is 23.9 Å². The van der Waals surface area contributed by atoms with Crippen molar-refractivity contribution < 1.29 is 97.2 Å². The lowest BCUT2D eigenvalue weighted by molar-refractivity contribution is -0.152. The molecule has 0 radical (unpaired) electrons. The average molecular weight is 1120 g/mol. The Morgan fingerprint density at radius 2 is 0.872 bits per heavy atom. The van der Waals surface area contributed by atoms with Crippen LogP contribution in [0.5, 0.6) is 0 Å². The number of ether oxygens (including phenoxy) is 4. The van der Waals surface area contributed by atoms with Gasteiger partial charge in [0, 0.05) is 57.7 Å². The first kappa shape index (κ1) is 72.4. The van der Waals surface area contributed by atoms with E-state index >= 15 is 0 Å². The third kappa shape index (κ3) is 42.4. The lowest BCUT2D eigenvalue weighted by Gasteiger charge is -2.18. The van der Waals surface area contributed by atoms with Gasteiger partial charge in [0.1, 0.15) is 37.8 Å². The van der Waals surface area contributed by atoms with Gasteiger partial charge in [0.25, 0.3) is 0 Å². The summed E-state index contributed by atoms with van der Waals surface area (Å²) in [5, 5.41) is 58.8. The summed E-state index contributed by atoms with van der Waals surface area (Å²) in [5.41, 5.74) is 0. The fourth-order valence-electron chi connectivity index (χ4n) is 7.88. The van der Waals surface area contributed by atoms with Crippen molar-refractivity contribution in [1.82, 2.24) is 26.6 Å². The van der Waals surface area contributed by atoms with Crippen molar-refractivity contribution in [3.8, 4) is 0 Å². The average Bonchev–Trinajstić information content (AvgIpc) is 3.39. The molecule has 0 aliphatic heterocycles. The summed E-state index contributed by atoms with van der Waals surface area (Å²) >= 11 is 0. The number of rotatable bonds is 55. The molecule has 4 atom stereocenters. The first-order chi connectivity index (χ1) is 37.4. The number of carboxylic acid groups (broad SMARTS) is 4. The molecule has 0 rings (SSSR count). The monoisotopic (exact) mass is 1120 g/mol. The third-order valence-electron chi connectivity index (χ3n) is 12.4. The summed E-state index contributed by atoms with van der Waals surface area (Å²) < 4.78 is 21.2. The highest BCUT2D eigenvalue weighted by Crippen LogP contribution is 2.16. The summed E-state index contributed by atoms with van der Waals surface area (Å²) in [5.74, 6) is -11.2. The van der Waals surface area contributed by atoms with Gasteiger partial charge in [0.15, 0.2) is 11.6 Å². The van der Waals surface area contributed by atoms with Crippen molar-refractivity contribution in [1.29, 1.82) is 0 Å². The molecule has 0 aliphatic rings. The number of carbonyl (C=O) groups is 11. The molecule has 0 heterocycles. The van der Waals surface area contributed by atoms with E-state index in [9.17, 15) is 68.1 Å². The topological polar surface area (TPSA) is 386 Å². The molecule has 0 saturated heterocycles. The maximum atomic E-state index is 12.7. The molecule has 0 aromatic rings. The minimum Gasteiger partial charge on any atom is -0.481 e. The zero-order valence-electron chi connectivity index (χ0n) is 45.8. The van der Waals surface area contributed by atoms with Crippen LogP contribution in [0.1, 0.15) is 167 Å². The number of hydrogen-bond donors (Lipinski definition) is 10. The van der Waals surface area contributed by atoms with Crippen LogP contribution in [-0.4, -0.2) is 182 Å². The molecule has 25 nitrogen and oxygen atoms in total. The van der Waals surface area contributed by atoms with Crippen LogP contribution in [0.2, 0.25) is 0 Å². The van der Waals surface area contributed by atoms with Crippen molar-refractivity contribution >= 4 is 65.0 Å². The number of carboxylic acids is 4. The highest BCUT2D eigenvalue weighted by Gasteiger charge is 2.32. The molecule has 0 unspecified atom stereocenters. The number of unbranched alkanes of at least 4 members (excludes halogenated alkanes) is 14. The molecule has 5 amide bonds. The molecule has 0 aliphatic carbocycles. The fourth-order valence-corrected chi connectivity index (χ4v) is 7.88. The Kier molecular flexibility index (Phi) is 45.0. The standard InChI is InChI=1S/C53H91N5O20/c1-2-39(44(61)36-59)19-17-18-26-54-45(62)25-23-43(53(73)74)58-50(68)41(51(69)70)35-40(60)37-77-33-31-76-30-28-56-48(65)38-78-34-32-75-29-27-55-46(63)24-22-42(52(71)72)57-47(64)20-15-13-11-9-7-5-3-4-6-8-10-12-14-16-21-49(66)67/h39,41-43,59H,2-38H2,1H3,(H,54,62)(H,55,63)(H,56,65)(H,57,64)(H,58,68)(H,66,67)(H,69,70)(H,71,72)(H,73,74)/t39-,41-,42-,43-/m0/s1. The molecule has 25 heteroatoms. The summed E-state index contributed by atoms with van der Waals surface area (Å²) in [4.78, 5) is 131. The van der Waals surface area contributed by atoms with E-state index in [0.717, 1.165) is 51.4 Å². The van der Waals surface area contributed by atoms with Crippen molar-refractivity contribution in [2.75, 3.05) is 79.1 Å². The number of aliphatic hydroxyl groups excluding tert-OH is 1. The van der Waals surface area contributed by atoms with Crippen LogP contribution in [0.15, 0.2) is 0 Å². The number of hydrogen-bond acceptors (Lipinski definition) is 16. The molecule has 448 valence electrons. The first-order valence-electron chi connectivity index (χ1n) is 27.7. The minimum absolute atomic E-state index is 0.00703. The maximum absolute atomic E-state index is 12.7. The second-order valence-electron chi connectivity index (χ2n) is 19.0. The number of amides is 5. The van der Waals surface area contributed by atoms with Crippen molar-refractivity contribution in [2.24, 2.45) is 11.8 Å². The summed E-state index contributed by atoms with van der Waals surface area (Å²) in [6.07, 6.45) is 15.9. The largest absolute Gasteiger partial charge is 0.481 e. The molecule has 78 heavy (non-hydrogen) atoms. The van der Waals surface area contributed by atoms with Gasteiger partial charge in [-0.2, -0.15) is 0 Å². The number of aliphatic hydroxyl groups is 1. The molecule has 0 saturated carbocycles. The second-order valence-corrected chi connectivity index (χ2v) is 19.0. The molecule has 0 bridgehead atoms. The van der Waals surface area contributed by atoms with Gasteiger partial charge in [0.05, 0.1) is 39.6 Å². The van der Waals surface area contributed by atoms with Crippen LogP contribution in [0, 0.1) is 11.8 Å². The van der Waals surface area contributed by atoms with Gasteiger partial charge in [0.2, 0.25) is 29.5 Å². The van der Waals surface area contributed by atoms with E-state index in [1.165, 1.54) is 32.1 Å². The predicted octanol–water partition coefficient (Wildman–Crippen LogP) is 2.84. The van der Waals surface area contributed by atoms with Crippen LogP contribution >= 0.6 is 0 Å². The zero-order chi connectivity index (χ0) is 58.2. The van der Waals surface area contributed by atoms with E-state index in [2.05, 4.69) is 26.6 Å². The highest BCUT2D eigenvalue weighted by molar-refractivity contribution is 6.02. The van der Waals surface area contributed by atoms with E-state index in [1.54, 1.807) is 0 Å². The molecule has 10 N–H and O–H groups in total. The molecular weight excluding hydrogens is 1030 g/mol. The first-order valence-corrected chi connectivity index (χ1v) is 27.7. The Hall–Kier alpha value is -5.63. The quantitative estimate of drug-likeness (QED) is 0.0309. The van der Waals surface area contributed by atoms with Gasteiger partial charge in [-0.05, 0) is 44.9 Å². The van der Waals surface area contributed by atoms with Crippen molar-refractivity contribution in [2.45, 2.75) is 180 Å². The Morgan fingerprint density at radius 3 is 1.35 bits per heavy atom. The molecule has 0 aromatic carbocycles. The van der Waals surface area contributed by atoms with Crippen LogP contribution in [0.25, 0.3) is 0 Å². The maximum Gasteiger partial charge on any atom is 0.326 e. The van der Waals surface area contributed by atoms with Gasteiger partial charge in [-0.3, -0.25) is 43.2 Å². The molecule has 0 spiro atoms.